The number of carbonyl (C=O) groups excluding carboxylic acids is 4. The molecular weight excluding hydrogens is 652 g/mol. The monoisotopic (exact) mass is 704 g/mol. The van der Waals surface area contributed by atoms with Crippen molar-refractivity contribution in [3.8, 4) is 0 Å². The predicted octanol–water partition coefficient (Wildman–Crippen LogP) is 0.687. The summed E-state index contributed by atoms with van der Waals surface area (Å²) in [6.45, 7) is 11.3. The maximum absolute atomic E-state index is 14.7. The van der Waals surface area contributed by atoms with Gasteiger partial charge in [-0.15, -0.1) is 0 Å². The van der Waals surface area contributed by atoms with E-state index in [1.165, 1.54) is 19.1 Å². The molecule has 5 fully saturated rings. The standard InChI is InChI=1S/C37H52O13/c1-17(39)50-32(2,3)11-10-24(41)37(47)16-36-14-25(42)35(7)19-12-21(48-31-28(45)27(44)26(43)22(15-38)49-31)30(46)33(4,5)18(19)8-9-23(35)34(36,6)13-20(40)29(36)37/h8,10-11,19-23,26-29,31,38,40,43-45,47H,9,12-16H2,1-7H3/b11-10+/t19-,20-,21+,22?,23+,26?,27?,28?,29+,31?,34+,35+,36+,37+/m1/s1. The summed E-state index contributed by atoms with van der Waals surface area (Å²) in [5.74, 6) is -3.22. The van der Waals surface area contributed by atoms with Crippen molar-refractivity contribution in [3.63, 3.8) is 0 Å². The summed E-state index contributed by atoms with van der Waals surface area (Å²) < 4.78 is 16.9. The van der Waals surface area contributed by atoms with E-state index in [0.717, 1.165) is 5.57 Å². The van der Waals surface area contributed by atoms with Crippen molar-refractivity contribution in [1.29, 1.82) is 0 Å². The summed E-state index contributed by atoms with van der Waals surface area (Å²) >= 11 is 0. The van der Waals surface area contributed by atoms with E-state index in [1.807, 2.05) is 19.9 Å². The normalized spacial score (nSPS) is 48.1. The molecule has 0 radical (unpaired) electrons. The molecular formula is C37H52O13. The van der Waals surface area contributed by atoms with Gasteiger partial charge >= 0.3 is 5.97 Å². The number of hydrogen-bond donors (Lipinski definition) is 6. The average Bonchev–Trinajstić information content (AvgIpc) is 3.19. The third kappa shape index (κ3) is 5.02. The van der Waals surface area contributed by atoms with Gasteiger partial charge in [0.25, 0.3) is 0 Å². The Hall–Kier alpha value is -2.36. The van der Waals surface area contributed by atoms with Gasteiger partial charge in [-0.05, 0) is 88.2 Å². The Labute approximate surface area is 291 Å². The Morgan fingerprint density at radius 3 is 2.34 bits per heavy atom. The van der Waals surface area contributed by atoms with Crippen molar-refractivity contribution in [3.05, 3.63) is 23.8 Å². The van der Waals surface area contributed by atoms with Gasteiger partial charge in [0.15, 0.2) is 17.9 Å². The maximum Gasteiger partial charge on any atom is 0.303 e. The van der Waals surface area contributed by atoms with Crippen LogP contribution in [0.1, 0.15) is 80.6 Å². The van der Waals surface area contributed by atoms with Gasteiger partial charge in [0.1, 0.15) is 47.5 Å². The molecule has 0 bridgehead atoms. The van der Waals surface area contributed by atoms with Crippen molar-refractivity contribution in [1.82, 2.24) is 0 Å². The lowest BCUT2D eigenvalue weighted by Gasteiger charge is -2.70. The zero-order valence-corrected chi connectivity index (χ0v) is 29.8. The van der Waals surface area contributed by atoms with E-state index in [-0.39, 0.29) is 43.2 Å². The van der Waals surface area contributed by atoms with Gasteiger partial charge in [-0.3, -0.25) is 19.2 Å². The Kier molecular flexibility index (Phi) is 8.84. The molecule has 4 saturated carbocycles. The molecule has 1 heterocycles. The lowest BCUT2D eigenvalue weighted by molar-refractivity contribution is -0.311. The SMILES string of the molecule is CC(=O)OC(C)(C)/C=C/C(=O)[C@@]1(O)C[C@]23CC(=O)[C@@]4(C)[C@@H]5C[C@H](OC6OC(CO)C(O)C(O)C6O)C(=O)C(C)(C)C5=CC[C@H]4[C@]2(C)C[C@@H](O)[C@@H]31. The third-order valence-corrected chi connectivity index (χ3v) is 13.8. The maximum atomic E-state index is 14.7. The molecule has 0 aromatic rings. The fourth-order valence-electron chi connectivity index (χ4n) is 11.3. The van der Waals surface area contributed by atoms with Crippen LogP contribution in [0, 0.1) is 39.4 Å². The van der Waals surface area contributed by atoms with E-state index in [2.05, 4.69) is 0 Å². The topological polar surface area (TPSA) is 217 Å². The number of ether oxygens (including phenoxy) is 3. The van der Waals surface area contributed by atoms with Crippen molar-refractivity contribution in [2.24, 2.45) is 39.4 Å². The number of allylic oxidation sites excluding steroid dienone is 2. The first-order chi connectivity index (χ1) is 23.0. The van der Waals surface area contributed by atoms with E-state index < -0.39 is 106 Å². The number of Topliss-reactive ketones (excluding diaryl/α,β-unsaturated/α-hetero) is 2. The van der Waals surface area contributed by atoms with Gasteiger partial charge < -0.3 is 44.8 Å². The third-order valence-electron chi connectivity index (χ3n) is 13.8. The van der Waals surface area contributed by atoms with Gasteiger partial charge in [-0.25, -0.2) is 0 Å². The average molecular weight is 705 g/mol. The molecule has 5 aliphatic carbocycles. The number of aliphatic hydroxyl groups excluding tert-OH is 5. The van der Waals surface area contributed by atoms with Gasteiger partial charge in [-0.1, -0.05) is 25.5 Å². The molecule has 6 aliphatic rings. The summed E-state index contributed by atoms with van der Waals surface area (Å²) in [4.78, 5) is 53.7. The minimum Gasteiger partial charge on any atom is -0.456 e. The highest BCUT2D eigenvalue weighted by molar-refractivity contribution is 6.00. The highest BCUT2D eigenvalue weighted by atomic mass is 16.7. The van der Waals surface area contributed by atoms with Crippen LogP contribution in [0.15, 0.2) is 23.8 Å². The van der Waals surface area contributed by atoms with Crippen LogP contribution in [-0.4, -0.2) is 115 Å². The fraction of sp³-hybridized carbons (Fsp3) is 0.784. The lowest BCUT2D eigenvalue weighted by atomic mass is 9.33. The van der Waals surface area contributed by atoms with Crippen LogP contribution < -0.4 is 0 Å². The summed E-state index contributed by atoms with van der Waals surface area (Å²) in [6.07, 6.45) is -4.55. The number of carbonyl (C=O) groups is 4. The quantitative estimate of drug-likeness (QED) is 0.122. The number of aliphatic hydroxyl groups is 6. The molecule has 5 unspecified atom stereocenters. The van der Waals surface area contributed by atoms with Gasteiger partial charge in [0.05, 0.1) is 12.7 Å². The largest absolute Gasteiger partial charge is 0.456 e. The van der Waals surface area contributed by atoms with E-state index >= 15 is 0 Å². The highest BCUT2D eigenvalue weighted by Crippen LogP contribution is 2.80. The molecule has 14 atom stereocenters. The van der Waals surface area contributed by atoms with Gasteiger partial charge in [0.2, 0.25) is 0 Å². The first-order valence-electron chi connectivity index (χ1n) is 17.6. The second kappa shape index (κ2) is 11.8. The molecule has 1 aliphatic heterocycles. The first-order valence-corrected chi connectivity index (χ1v) is 17.6. The molecule has 13 heteroatoms. The van der Waals surface area contributed by atoms with Crippen LogP contribution in [0.25, 0.3) is 0 Å². The van der Waals surface area contributed by atoms with Crippen LogP contribution in [0.4, 0.5) is 0 Å². The van der Waals surface area contributed by atoms with Gasteiger partial charge in [0, 0.05) is 30.1 Å². The molecule has 0 aromatic carbocycles. The molecule has 1 spiro atoms. The number of ketones is 3. The first kappa shape index (κ1) is 37.4. The van der Waals surface area contributed by atoms with Gasteiger partial charge in [-0.2, -0.15) is 0 Å². The van der Waals surface area contributed by atoms with Crippen LogP contribution in [0.5, 0.6) is 0 Å². The van der Waals surface area contributed by atoms with Crippen molar-refractivity contribution in [2.75, 3.05) is 6.61 Å². The zero-order chi connectivity index (χ0) is 37.1. The minimum absolute atomic E-state index is 0.0121. The summed E-state index contributed by atoms with van der Waals surface area (Å²) in [6, 6.07) is 0. The number of fused-ring (bicyclic) bond motifs is 4. The molecule has 6 N–H and O–H groups in total. The second-order valence-electron chi connectivity index (χ2n) is 17.2. The Morgan fingerprint density at radius 2 is 1.72 bits per heavy atom. The Morgan fingerprint density at radius 1 is 1.06 bits per heavy atom. The summed E-state index contributed by atoms with van der Waals surface area (Å²) in [7, 11) is 0. The zero-order valence-electron chi connectivity index (χ0n) is 29.8. The number of hydrogen-bond acceptors (Lipinski definition) is 13. The Bertz CT molecular complexity index is 1530. The summed E-state index contributed by atoms with van der Waals surface area (Å²) in [5, 5.41) is 64.4. The molecule has 13 nitrogen and oxygen atoms in total. The van der Waals surface area contributed by atoms with Crippen LogP contribution in [-0.2, 0) is 33.4 Å². The second-order valence-corrected chi connectivity index (χ2v) is 17.2. The molecule has 278 valence electrons. The van der Waals surface area contributed by atoms with Crippen LogP contribution in [0.3, 0.4) is 0 Å². The Balaban J connectivity index is 1.30. The van der Waals surface area contributed by atoms with E-state index in [9.17, 15) is 49.8 Å². The predicted molar refractivity (Wildman–Crippen MR) is 174 cm³/mol. The fourth-order valence-corrected chi connectivity index (χ4v) is 11.3. The molecule has 50 heavy (non-hydrogen) atoms. The van der Waals surface area contributed by atoms with Crippen LogP contribution >= 0.6 is 0 Å². The van der Waals surface area contributed by atoms with Crippen molar-refractivity contribution < 1.29 is 64.0 Å². The lowest BCUT2D eigenvalue weighted by Crippen LogP contribution is -2.74. The van der Waals surface area contributed by atoms with Crippen molar-refractivity contribution >= 4 is 23.3 Å². The number of rotatable bonds is 7. The number of esters is 1. The van der Waals surface area contributed by atoms with Crippen LogP contribution in [0.2, 0.25) is 0 Å². The molecule has 6 rings (SSSR count). The van der Waals surface area contributed by atoms with Crippen molar-refractivity contribution in [2.45, 2.75) is 135 Å². The van der Waals surface area contributed by atoms with E-state index in [1.54, 1.807) is 27.7 Å². The summed E-state index contributed by atoms with van der Waals surface area (Å²) in [5.41, 5.74) is -5.82. The van der Waals surface area contributed by atoms with E-state index in [0.29, 0.717) is 6.42 Å². The smallest absolute Gasteiger partial charge is 0.303 e. The highest BCUT2D eigenvalue weighted by Gasteiger charge is 2.82. The molecule has 0 amide bonds. The molecule has 0 aromatic heterocycles. The van der Waals surface area contributed by atoms with E-state index in [4.69, 9.17) is 14.2 Å². The minimum atomic E-state index is -1.91. The molecule has 1 saturated heterocycles.